The van der Waals surface area contributed by atoms with E-state index in [0.29, 0.717) is 6.42 Å². The lowest BCUT2D eigenvalue weighted by atomic mass is 10.1. The molecule has 19 heavy (non-hydrogen) atoms. The summed E-state index contributed by atoms with van der Waals surface area (Å²) in [6.45, 7) is 5.48. The zero-order valence-corrected chi connectivity index (χ0v) is 11.6. The summed E-state index contributed by atoms with van der Waals surface area (Å²) in [5.41, 5.74) is 0.675. The highest BCUT2D eigenvalue weighted by Crippen LogP contribution is 2.17. The first-order valence-corrected chi connectivity index (χ1v) is 7.00. The van der Waals surface area contributed by atoms with E-state index in [1.807, 2.05) is 0 Å². The van der Waals surface area contributed by atoms with E-state index in [9.17, 15) is 9.59 Å². The van der Waals surface area contributed by atoms with Crippen LogP contribution in [0, 0.1) is 0 Å². The second-order valence-corrected chi connectivity index (χ2v) is 5.04. The third-order valence-electron chi connectivity index (χ3n) is 3.71. The van der Waals surface area contributed by atoms with Crippen LogP contribution in [0.25, 0.3) is 0 Å². The minimum absolute atomic E-state index is 0.0281. The van der Waals surface area contributed by atoms with E-state index in [0.717, 1.165) is 31.6 Å². The van der Waals surface area contributed by atoms with Crippen LogP contribution in [0.5, 0.6) is 0 Å². The molecule has 0 radical (unpaired) electrons. The quantitative estimate of drug-likeness (QED) is 0.831. The Bertz CT molecular complexity index is 504. The third kappa shape index (κ3) is 3.03. The zero-order valence-electron chi connectivity index (χ0n) is 11.6. The molecule has 2 heterocycles. The molecule has 5 heteroatoms. The van der Waals surface area contributed by atoms with E-state index >= 15 is 0 Å². The molecule has 5 nitrogen and oxygen atoms in total. The molecule has 1 saturated heterocycles. The van der Waals surface area contributed by atoms with Gasteiger partial charge in [-0.3, -0.25) is 9.59 Å². The van der Waals surface area contributed by atoms with E-state index in [4.69, 9.17) is 0 Å². The molecule has 1 aliphatic rings. The van der Waals surface area contributed by atoms with Crippen LogP contribution in [0.4, 0.5) is 5.69 Å². The van der Waals surface area contributed by atoms with Gasteiger partial charge in [0.15, 0.2) is 5.78 Å². The molecule has 0 N–H and O–H groups in total. The van der Waals surface area contributed by atoms with Crippen LogP contribution in [0.3, 0.4) is 0 Å². The second kappa shape index (κ2) is 5.99. The van der Waals surface area contributed by atoms with E-state index < -0.39 is 6.04 Å². The molecule has 0 aliphatic carbocycles. The van der Waals surface area contributed by atoms with Crippen LogP contribution in [0.1, 0.15) is 45.6 Å². The first-order valence-electron chi connectivity index (χ1n) is 7.00. The number of nitrogens with zero attached hydrogens (tertiary/aromatic N) is 3. The molecule has 2 rings (SSSR count). The van der Waals surface area contributed by atoms with Crippen molar-refractivity contribution >= 4 is 11.5 Å². The van der Waals surface area contributed by atoms with Crippen molar-refractivity contribution in [3.05, 3.63) is 22.6 Å². The maximum atomic E-state index is 12.1. The monoisotopic (exact) mass is 263 g/mol. The van der Waals surface area contributed by atoms with Crippen molar-refractivity contribution in [2.24, 2.45) is 0 Å². The van der Waals surface area contributed by atoms with E-state index in [1.165, 1.54) is 11.1 Å². The summed E-state index contributed by atoms with van der Waals surface area (Å²) < 4.78 is 1.28. The van der Waals surface area contributed by atoms with Crippen LogP contribution >= 0.6 is 0 Å². The number of rotatable bonds is 4. The van der Waals surface area contributed by atoms with Crippen LogP contribution in [-0.2, 0) is 4.79 Å². The summed E-state index contributed by atoms with van der Waals surface area (Å²) in [4.78, 5) is 25.9. The van der Waals surface area contributed by atoms with Crippen molar-refractivity contribution in [2.45, 2.75) is 45.6 Å². The molecular formula is C14H21N3O2. The third-order valence-corrected chi connectivity index (χ3v) is 3.71. The fraction of sp³-hybridized carbons (Fsp3) is 0.643. The molecule has 1 aliphatic heterocycles. The first-order chi connectivity index (χ1) is 9.13. The smallest absolute Gasteiger partial charge is 0.269 e. The fourth-order valence-electron chi connectivity index (χ4n) is 2.46. The average molecular weight is 263 g/mol. The normalized spacial score (nSPS) is 17.3. The average Bonchev–Trinajstić information content (AvgIpc) is 2.46. The van der Waals surface area contributed by atoms with Crippen molar-refractivity contribution in [3.8, 4) is 0 Å². The molecule has 1 atom stereocenters. The highest BCUT2D eigenvalue weighted by Gasteiger charge is 2.17. The Morgan fingerprint density at radius 3 is 2.63 bits per heavy atom. The van der Waals surface area contributed by atoms with Crippen LogP contribution in [0.15, 0.2) is 17.1 Å². The van der Waals surface area contributed by atoms with Gasteiger partial charge < -0.3 is 4.90 Å². The van der Waals surface area contributed by atoms with E-state index in [2.05, 4.69) is 10.00 Å². The molecular weight excluding hydrogens is 242 g/mol. The van der Waals surface area contributed by atoms with Crippen LogP contribution in [0.2, 0.25) is 0 Å². The number of hydrogen-bond donors (Lipinski definition) is 0. The molecule has 1 fully saturated rings. The minimum Gasteiger partial charge on any atom is -0.370 e. The van der Waals surface area contributed by atoms with Crippen LogP contribution < -0.4 is 10.5 Å². The predicted octanol–water partition coefficient (Wildman–Crippen LogP) is 1.77. The molecule has 1 aromatic heterocycles. The van der Waals surface area contributed by atoms with Crippen molar-refractivity contribution in [1.82, 2.24) is 9.78 Å². The highest BCUT2D eigenvalue weighted by atomic mass is 16.1. The lowest BCUT2D eigenvalue weighted by Crippen LogP contribution is -2.34. The molecule has 0 saturated carbocycles. The van der Waals surface area contributed by atoms with Gasteiger partial charge in [-0.25, -0.2) is 4.68 Å². The summed E-state index contributed by atoms with van der Waals surface area (Å²) in [6, 6.07) is 1.12. The number of Topliss-reactive ketones (excluding diaryl/α,β-unsaturated/α-hetero) is 1. The van der Waals surface area contributed by atoms with Crippen molar-refractivity contribution in [3.63, 3.8) is 0 Å². The maximum Gasteiger partial charge on any atom is 0.269 e. The van der Waals surface area contributed by atoms with Crippen molar-refractivity contribution in [1.29, 1.82) is 0 Å². The van der Waals surface area contributed by atoms with Gasteiger partial charge in [-0.15, -0.1) is 0 Å². The summed E-state index contributed by atoms with van der Waals surface area (Å²) in [5, 5.41) is 4.16. The Labute approximate surface area is 113 Å². The maximum absolute atomic E-state index is 12.1. The zero-order chi connectivity index (χ0) is 13.8. The van der Waals surface area contributed by atoms with Crippen molar-refractivity contribution < 1.29 is 4.79 Å². The number of aromatic nitrogens is 2. The number of piperidine rings is 1. The first kappa shape index (κ1) is 13.8. The predicted molar refractivity (Wildman–Crippen MR) is 74.6 cm³/mol. The molecule has 0 amide bonds. The summed E-state index contributed by atoms with van der Waals surface area (Å²) >= 11 is 0. The molecule has 0 aromatic carbocycles. The molecule has 1 aromatic rings. The minimum atomic E-state index is -0.479. The Hall–Kier alpha value is -1.65. The largest absolute Gasteiger partial charge is 0.370 e. The SMILES string of the molecule is CCC(=O)C(C)n1ncc(N2CCCCC2)cc1=O. The Morgan fingerprint density at radius 2 is 2.05 bits per heavy atom. The Morgan fingerprint density at radius 1 is 1.37 bits per heavy atom. The summed E-state index contributed by atoms with van der Waals surface area (Å²) in [5.74, 6) is 0.0281. The number of ketones is 1. The van der Waals surface area contributed by atoms with Gasteiger partial charge >= 0.3 is 0 Å². The fourth-order valence-corrected chi connectivity index (χ4v) is 2.46. The topological polar surface area (TPSA) is 55.2 Å². The molecule has 0 bridgehead atoms. The number of carbonyl (C=O) groups is 1. The van der Waals surface area contributed by atoms with Gasteiger partial charge in [0.25, 0.3) is 5.56 Å². The Kier molecular flexibility index (Phi) is 4.35. The standard InChI is InChI=1S/C14H21N3O2/c1-3-13(18)11(2)17-14(19)9-12(10-15-17)16-7-5-4-6-8-16/h9-11H,3-8H2,1-2H3. The summed E-state index contributed by atoms with van der Waals surface area (Å²) in [7, 11) is 0. The number of hydrogen-bond acceptors (Lipinski definition) is 4. The van der Waals surface area contributed by atoms with Crippen molar-refractivity contribution in [2.75, 3.05) is 18.0 Å². The van der Waals surface area contributed by atoms with Gasteiger partial charge in [0.2, 0.25) is 0 Å². The molecule has 104 valence electrons. The lowest BCUT2D eigenvalue weighted by Gasteiger charge is -2.28. The van der Waals surface area contributed by atoms with Gasteiger partial charge in [-0.1, -0.05) is 6.92 Å². The molecule has 0 spiro atoms. The Balaban J connectivity index is 2.21. The number of anilines is 1. The van der Waals surface area contributed by atoms with E-state index in [1.54, 1.807) is 26.1 Å². The molecule has 1 unspecified atom stereocenters. The lowest BCUT2D eigenvalue weighted by molar-refractivity contribution is -0.121. The summed E-state index contributed by atoms with van der Waals surface area (Å²) in [6.07, 6.45) is 5.69. The van der Waals surface area contributed by atoms with Gasteiger partial charge in [0, 0.05) is 25.6 Å². The van der Waals surface area contributed by atoms with Gasteiger partial charge in [-0.05, 0) is 26.2 Å². The highest BCUT2D eigenvalue weighted by molar-refractivity contribution is 5.81. The van der Waals surface area contributed by atoms with Gasteiger partial charge in [-0.2, -0.15) is 5.10 Å². The van der Waals surface area contributed by atoms with Gasteiger partial charge in [0.1, 0.15) is 6.04 Å². The van der Waals surface area contributed by atoms with Gasteiger partial charge in [0.05, 0.1) is 11.9 Å². The second-order valence-electron chi connectivity index (χ2n) is 5.04. The number of carbonyl (C=O) groups excluding carboxylic acids is 1. The van der Waals surface area contributed by atoms with E-state index in [-0.39, 0.29) is 11.3 Å². The van der Waals surface area contributed by atoms with Crippen LogP contribution in [-0.4, -0.2) is 28.7 Å².